The summed E-state index contributed by atoms with van der Waals surface area (Å²) in [5.74, 6) is 1.20. The van der Waals surface area contributed by atoms with Crippen molar-refractivity contribution in [1.82, 2.24) is 9.55 Å². The van der Waals surface area contributed by atoms with Gasteiger partial charge in [0, 0.05) is 0 Å². The van der Waals surface area contributed by atoms with Crippen molar-refractivity contribution in [2.24, 2.45) is 0 Å². The first kappa shape index (κ1) is 13.9. The van der Waals surface area contributed by atoms with Gasteiger partial charge in [-0.15, -0.1) is 0 Å². The largest absolute Gasteiger partial charge is 0.497 e. The topological polar surface area (TPSA) is 79.4 Å². The van der Waals surface area contributed by atoms with Crippen molar-refractivity contribution < 1.29 is 14.3 Å². The molecule has 1 aromatic carbocycles. The number of nitrogens with zero attached hydrogens (tertiary/aromatic N) is 2. The molecule has 0 aliphatic rings. The van der Waals surface area contributed by atoms with Crippen LogP contribution in [0.15, 0.2) is 24.3 Å². The van der Waals surface area contributed by atoms with Gasteiger partial charge in [0.25, 0.3) is 0 Å². The molecule has 0 bridgehead atoms. The van der Waals surface area contributed by atoms with E-state index < -0.39 is 5.97 Å². The highest BCUT2D eigenvalue weighted by Gasteiger charge is 2.19. The van der Waals surface area contributed by atoms with E-state index >= 15 is 0 Å². The molecule has 6 nitrogen and oxygen atoms in total. The number of imidazole rings is 1. The molecule has 2 aromatic rings. The van der Waals surface area contributed by atoms with E-state index in [-0.39, 0.29) is 5.69 Å². The highest BCUT2D eigenvalue weighted by atomic mass is 16.5. The summed E-state index contributed by atoms with van der Waals surface area (Å²) in [5.41, 5.74) is 7.12. The van der Waals surface area contributed by atoms with Crippen molar-refractivity contribution in [2.45, 2.75) is 13.5 Å². The smallest absolute Gasteiger partial charge is 0.360 e. The summed E-state index contributed by atoms with van der Waals surface area (Å²) in [7, 11) is 2.92. The van der Waals surface area contributed by atoms with Crippen molar-refractivity contribution in [3.8, 4) is 5.75 Å². The van der Waals surface area contributed by atoms with Crippen LogP contribution in [-0.2, 0) is 11.3 Å². The Morgan fingerprint density at radius 3 is 2.80 bits per heavy atom. The van der Waals surface area contributed by atoms with Crippen molar-refractivity contribution in [1.29, 1.82) is 0 Å². The number of methoxy groups -OCH3 is 2. The molecule has 106 valence electrons. The quantitative estimate of drug-likeness (QED) is 0.858. The first-order chi connectivity index (χ1) is 9.56. The number of carbonyl (C=O) groups excluding carboxylic acids is 1. The first-order valence-electron chi connectivity index (χ1n) is 6.10. The number of esters is 1. The van der Waals surface area contributed by atoms with E-state index in [1.165, 1.54) is 7.11 Å². The lowest BCUT2D eigenvalue weighted by Crippen LogP contribution is -2.09. The molecule has 20 heavy (non-hydrogen) atoms. The number of anilines is 1. The van der Waals surface area contributed by atoms with Crippen LogP contribution in [0.4, 0.5) is 5.82 Å². The second kappa shape index (κ2) is 5.64. The molecule has 2 N–H and O–H groups in total. The minimum absolute atomic E-state index is 0.146. The van der Waals surface area contributed by atoms with Gasteiger partial charge in [-0.05, 0) is 24.6 Å². The standard InChI is InChI=1S/C14H17N3O3/c1-9-16-12(14(18)20-3)13(15)17(9)8-10-5-4-6-11(7-10)19-2/h4-7H,8,15H2,1-3H3. The number of ether oxygens (including phenoxy) is 2. The molecule has 0 fully saturated rings. The summed E-state index contributed by atoms with van der Waals surface area (Å²) in [4.78, 5) is 15.7. The molecular formula is C14H17N3O3. The minimum Gasteiger partial charge on any atom is -0.497 e. The summed E-state index contributed by atoms with van der Waals surface area (Å²) in [6, 6.07) is 7.64. The lowest BCUT2D eigenvalue weighted by molar-refractivity contribution is 0.0595. The van der Waals surface area contributed by atoms with Gasteiger partial charge in [-0.3, -0.25) is 0 Å². The number of benzene rings is 1. The lowest BCUT2D eigenvalue weighted by Gasteiger charge is -2.09. The zero-order valence-electron chi connectivity index (χ0n) is 11.7. The summed E-state index contributed by atoms with van der Waals surface area (Å²) in [5, 5.41) is 0. The molecule has 0 atom stereocenters. The van der Waals surface area contributed by atoms with E-state index in [1.807, 2.05) is 24.3 Å². The fraction of sp³-hybridized carbons (Fsp3) is 0.286. The monoisotopic (exact) mass is 275 g/mol. The van der Waals surface area contributed by atoms with E-state index in [9.17, 15) is 4.79 Å². The molecule has 0 spiro atoms. The molecule has 0 aliphatic carbocycles. The SMILES string of the molecule is COC(=O)c1nc(C)n(Cc2cccc(OC)c2)c1N. The molecular weight excluding hydrogens is 258 g/mol. The number of hydrogen-bond donors (Lipinski definition) is 1. The van der Waals surface area contributed by atoms with Crippen LogP contribution in [0.5, 0.6) is 5.75 Å². The van der Waals surface area contributed by atoms with Crippen molar-refractivity contribution in [3.63, 3.8) is 0 Å². The van der Waals surface area contributed by atoms with E-state index in [0.717, 1.165) is 11.3 Å². The highest BCUT2D eigenvalue weighted by molar-refractivity contribution is 5.92. The Kier molecular flexibility index (Phi) is 3.93. The molecule has 0 saturated carbocycles. The van der Waals surface area contributed by atoms with Crippen LogP contribution >= 0.6 is 0 Å². The third kappa shape index (κ3) is 2.59. The maximum atomic E-state index is 11.6. The van der Waals surface area contributed by atoms with Crippen LogP contribution in [0, 0.1) is 6.92 Å². The fourth-order valence-electron chi connectivity index (χ4n) is 1.98. The Labute approximate surface area is 117 Å². The number of aryl methyl sites for hydroxylation is 1. The van der Waals surface area contributed by atoms with E-state index in [2.05, 4.69) is 9.72 Å². The molecule has 0 amide bonds. The first-order valence-corrected chi connectivity index (χ1v) is 6.10. The van der Waals surface area contributed by atoms with Gasteiger partial charge in [0.15, 0.2) is 5.69 Å². The van der Waals surface area contributed by atoms with Crippen LogP contribution in [0.2, 0.25) is 0 Å². The Hall–Kier alpha value is -2.50. The van der Waals surface area contributed by atoms with E-state index in [4.69, 9.17) is 10.5 Å². The lowest BCUT2D eigenvalue weighted by atomic mass is 10.2. The number of aromatic nitrogens is 2. The maximum absolute atomic E-state index is 11.6. The molecule has 0 aliphatic heterocycles. The summed E-state index contributed by atoms with van der Waals surface area (Å²) in [6.45, 7) is 2.31. The Morgan fingerprint density at radius 2 is 2.15 bits per heavy atom. The maximum Gasteiger partial charge on any atom is 0.360 e. The van der Waals surface area contributed by atoms with Gasteiger partial charge in [-0.25, -0.2) is 9.78 Å². The number of nitrogen functional groups attached to an aromatic ring is 1. The third-order valence-corrected chi connectivity index (χ3v) is 3.05. The summed E-state index contributed by atoms with van der Waals surface area (Å²) >= 11 is 0. The van der Waals surface area contributed by atoms with E-state index in [1.54, 1.807) is 18.6 Å². The van der Waals surface area contributed by atoms with Gasteiger partial charge in [-0.2, -0.15) is 0 Å². The average Bonchev–Trinajstić information content (AvgIpc) is 2.75. The van der Waals surface area contributed by atoms with Crippen LogP contribution in [0.25, 0.3) is 0 Å². The summed E-state index contributed by atoms with van der Waals surface area (Å²) in [6.07, 6.45) is 0. The average molecular weight is 275 g/mol. The highest BCUT2D eigenvalue weighted by Crippen LogP contribution is 2.19. The van der Waals surface area contributed by atoms with Crippen molar-refractivity contribution in [2.75, 3.05) is 20.0 Å². The van der Waals surface area contributed by atoms with Gasteiger partial charge < -0.3 is 19.8 Å². The molecule has 1 heterocycles. The molecule has 1 aromatic heterocycles. The van der Waals surface area contributed by atoms with Gasteiger partial charge >= 0.3 is 5.97 Å². The Balaban J connectivity index is 2.33. The van der Waals surface area contributed by atoms with Gasteiger partial charge in [0.1, 0.15) is 17.4 Å². The van der Waals surface area contributed by atoms with Crippen LogP contribution in [0.3, 0.4) is 0 Å². The molecule has 0 saturated heterocycles. The second-order valence-electron chi connectivity index (χ2n) is 4.32. The number of hydrogen-bond acceptors (Lipinski definition) is 5. The normalized spacial score (nSPS) is 10.3. The van der Waals surface area contributed by atoms with Gasteiger partial charge in [0.05, 0.1) is 20.8 Å². The molecule has 2 rings (SSSR count). The fourth-order valence-corrected chi connectivity index (χ4v) is 1.98. The minimum atomic E-state index is -0.532. The predicted octanol–water partition coefficient (Wildman–Crippen LogP) is 1.62. The predicted molar refractivity (Wildman–Crippen MR) is 74.8 cm³/mol. The number of nitrogens with two attached hydrogens (primary N) is 1. The third-order valence-electron chi connectivity index (χ3n) is 3.05. The zero-order valence-corrected chi connectivity index (χ0v) is 11.7. The van der Waals surface area contributed by atoms with Crippen LogP contribution in [0.1, 0.15) is 21.9 Å². The van der Waals surface area contributed by atoms with Crippen molar-refractivity contribution in [3.05, 3.63) is 41.3 Å². The number of rotatable bonds is 4. The van der Waals surface area contributed by atoms with E-state index in [0.29, 0.717) is 18.2 Å². The Morgan fingerprint density at radius 1 is 1.40 bits per heavy atom. The van der Waals surface area contributed by atoms with Crippen molar-refractivity contribution >= 4 is 11.8 Å². The molecule has 0 radical (unpaired) electrons. The van der Waals surface area contributed by atoms with Gasteiger partial charge in [0.2, 0.25) is 0 Å². The Bertz CT molecular complexity index is 635. The summed E-state index contributed by atoms with van der Waals surface area (Å²) < 4.78 is 11.6. The zero-order chi connectivity index (χ0) is 14.7. The number of carbonyl (C=O) groups is 1. The molecule has 6 heteroatoms. The van der Waals surface area contributed by atoms with Crippen LogP contribution < -0.4 is 10.5 Å². The molecule has 0 unspecified atom stereocenters. The second-order valence-corrected chi connectivity index (χ2v) is 4.32. The van der Waals surface area contributed by atoms with Gasteiger partial charge in [-0.1, -0.05) is 12.1 Å². The van der Waals surface area contributed by atoms with Crippen LogP contribution in [-0.4, -0.2) is 29.7 Å².